The fraction of sp³-hybridized carbons (Fsp3) is 0.286. The van der Waals surface area contributed by atoms with Crippen LogP contribution in [0.1, 0.15) is 18.1 Å². The molecule has 1 unspecified atom stereocenters. The van der Waals surface area contributed by atoms with Crippen LogP contribution in [0.4, 0.5) is 15.8 Å². The summed E-state index contributed by atoms with van der Waals surface area (Å²) in [7, 11) is 0. The molecule has 0 aliphatic heterocycles. The van der Waals surface area contributed by atoms with E-state index in [1.807, 2.05) is 0 Å². The number of hydrogen-bond acceptors (Lipinski definition) is 3. The van der Waals surface area contributed by atoms with Crippen molar-refractivity contribution in [3.63, 3.8) is 0 Å². The van der Waals surface area contributed by atoms with Crippen LogP contribution in [0, 0.1) is 12.7 Å². The Balaban J connectivity index is 2.07. The van der Waals surface area contributed by atoms with E-state index >= 15 is 0 Å². The summed E-state index contributed by atoms with van der Waals surface area (Å²) >= 11 is 1.69. The van der Waals surface area contributed by atoms with Crippen LogP contribution >= 0.6 is 11.3 Å². The molecule has 4 heteroatoms. The molecule has 0 aliphatic carbocycles. The Morgan fingerprint density at radius 2 is 2.22 bits per heavy atom. The van der Waals surface area contributed by atoms with Gasteiger partial charge in [0.25, 0.3) is 0 Å². The first-order chi connectivity index (χ1) is 8.56. The van der Waals surface area contributed by atoms with Gasteiger partial charge in [-0.3, -0.25) is 0 Å². The summed E-state index contributed by atoms with van der Waals surface area (Å²) in [6, 6.07) is 5.50. The predicted octanol–water partition coefficient (Wildman–Crippen LogP) is 3.82. The molecule has 0 spiro atoms. The maximum atomic E-state index is 13.3. The number of hydrogen-bond donors (Lipinski definition) is 2. The van der Waals surface area contributed by atoms with Crippen molar-refractivity contribution in [2.24, 2.45) is 0 Å². The standard InChI is InChI=1S/C14H17FN2S/c1-9-5-14(13(16)7-12(9)15)17-10(2)6-11-3-4-18-8-11/h3-5,7-8,10,17H,6,16H2,1-2H3. The molecule has 0 saturated carbocycles. The average molecular weight is 264 g/mol. The third kappa shape index (κ3) is 3.01. The molecule has 96 valence electrons. The molecule has 1 aromatic carbocycles. The van der Waals surface area contributed by atoms with Crippen LogP contribution in [0.3, 0.4) is 0 Å². The number of rotatable bonds is 4. The highest BCUT2D eigenvalue weighted by Crippen LogP contribution is 2.24. The zero-order chi connectivity index (χ0) is 13.1. The first kappa shape index (κ1) is 12.9. The normalized spacial score (nSPS) is 12.4. The Bertz CT molecular complexity index is 523. The third-order valence-corrected chi connectivity index (χ3v) is 3.59. The lowest BCUT2D eigenvalue weighted by molar-refractivity contribution is 0.619. The van der Waals surface area contributed by atoms with Crippen molar-refractivity contribution in [2.45, 2.75) is 26.3 Å². The van der Waals surface area contributed by atoms with Crippen molar-refractivity contribution >= 4 is 22.7 Å². The Hall–Kier alpha value is -1.55. The quantitative estimate of drug-likeness (QED) is 0.824. The summed E-state index contributed by atoms with van der Waals surface area (Å²) in [5, 5.41) is 7.53. The van der Waals surface area contributed by atoms with Gasteiger partial charge < -0.3 is 11.1 Å². The van der Waals surface area contributed by atoms with Gasteiger partial charge in [0.1, 0.15) is 5.82 Å². The van der Waals surface area contributed by atoms with E-state index in [4.69, 9.17) is 5.73 Å². The predicted molar refractivity (Wildman–Crippen MR) is 76.7 cm³/mol. The maximum absolute atomic E-state index is 13.3. The van der Waals surface area contributed by atoms with Crippen LogP contribution < -0.4 is 11.1 Å². The zero-order valence-corrected chi connectivity index (χ0v) is 11.4. The molecule has 3 N–H and O–H groups in total. The second-order valence-corrected chi connectivity index (χ2v) is 5.35. The topological polar surface area (TPSA) is 38.0 Å². The Morgan fingerprint density at radius 3 is 2.89 bits per heavy atom. The first-order valence-electron chi connectivity index (χ1n) is 5.89. The summed E-state index contributed by atoms with van der Waals surface area (Å²) in [5.41, 5.74) is 8.98. The summed E-state index contributed by atoms with van der Waals surface area (Å²) in [6.07, 6.45) is 0.930. The lowest BCUT2D eigenvalue weighted by Crippen LogP contribution is -2.18. The van der Waals surface area contributed by atoms with Gasteiger partial charge in [-0.15, -0.1) is 0 Å². The van der Waals surface area contributed by atoms with E-state index in [9.17, 15) is 4.39 Å². The molecule has 0 fully saturated rings. The number of benzene rings is 1. The van der Waals surface area contributed by atoms with Crippen molar-refractivity contribution in [2.75, 3.05) is 11.1 Å². The van der Waals surface area contributed by atoms with Gasteiger partial charge in [0.15, 0.2) is 0 Å². The van der Waals surface area contributed by atoms with Gasteiger partial charge in [-0.1, -0.05) is 0 Å². The van der Waals surface area contributed by atoms with E-state index < -0.39 is 0 Å². The molecule has 0 aliphatic rings. The van der Waals surface area contributed by atoms with E-state index in [0.29, 0.717) is 11.3 Å². The first-order valence-corrected chi connectivity index (χ1v) is 6.84. The van der Waals surface area contributed by atoms with Crippen molar-refractivity contribution in [3.05, 3.63) is 45.9 Å². The molecule has 1 atom stereocenters. The van der Waals surface area contributed by atoms with Gasteiger partial charge in [-0.25, -0.2) is 4.39 Å². The van der Waals surface area contributed by atoms with E-state index in [2.05, 4.69) is 29.1 Å². The van der Waals surface area contributed by atoms with Gasteiger partial charge >= 0.3 is 0 Å². The molecule has 1 aromatic heterocycles. The fourth-order valence-corrected chi connectivity index (χ4v) is 2.58. The van der Waals surface area contributed by atoms with Gasteiger partial charge in [-0.2, -0.15) is 11.3 Å². The molecule has 2 nitrogen and oxygen atoms in total. The third-order valence-electron chi connectivity index (χ3n) is 2.85. The molecule has 1 heterocycles. The lowest BCUT2D eigenvalue weighted by Gasteiger charge is -2.17. The monoisotopic (exact) mass is 264 g/mol. The SMILES string of the molecule is Cc1cc(NC(C)Cc2ccsc2)c(N)cc1F. The van der Waals surface area contributed by atoms with Crippen LogP contribution in [0.25, 0.3) is 0 Å². The van der Waals surface area contributed by atoms with Crippen molar-refractivity contribution in [1.82, 2.24) is 0 Å². The molecule has 2 aromatic rings. The average Bonchev–Trinajstić information content (AvgIpc) is 2.78. The summed E-state index contributed by atoms with van der Waals surface area (Å²) in [6.45, 7) is 3.83. The van der Waals surface area contributed by atoms with Crippen LogP contribution in [0.5, 0.6) is 0 Å². The molecule has 0 radical (unpaired) electrons. The Morgan fingerprint density at radius 1 is 1.44 bits per heavy atom. The van der Waals surface area contributed by atoms with Crippen molar-refractivity contribution in [1.29, 1.82) is 0 Å². The van der Waals surface area contributed by atoms with Crippen molar-refractivity contribution < 1.29 is 4.39 Å². The lowest BCUT2D eigenvalue weighted by atomic mass is 10.1. The number of nitrogen functional groups attached to an aromatic ring is 1. The highest BCUT2D eigenvalue weighted by atomic mass is 32.1. The number of thiophene rings is 1. The number of aryl methyl sites for hydroxylation is 1. The molecule has 0 amide bonds. The van der Waals surface area contributed by atoms with Gasteiger partial charge in [0.05, 0.1) is 11.4 Å². The van der Waals surface area contributed by atoms with Crippen molar-refractivity contribution in [3.8, 4) is 0 Å². The molecule has 18 heavy (non-hydrogen) atoms. The van der Waals surface area contributed by atoms with E-state index in [1.165, 1.54) is 11.6 Å². The number of nitrogens with one attached hydrogen (secondary N) is 1. The molecular weight excluding hydrogens is 247 g/mol. The van der Waals surface area contributed by atoms with Crippen LogP contribution in [0.2, 0.25) is 0 Å². The van der Waals surface area contributed by atoms with Crippen LogP contribution in [-0.4, -0.2) is 6.04 Å². The minimum Gasteiger partial charge on any atom is -0.397 e. The molecule has 0 bridgehead atoms. The van der Waals surface area contributed by atoms with Crippen LogP contribution in [0.15, 0.2) is 29.0 Å². The minimum atomic E-state index is -0.261. The number of anilines is 2. The van der Waals surface area contributed by atoms with Gasteiger partial charge in [-0.05, 0) is 60.4 Å². The zero-order valence-electron chi connectivity index (χ0n) is 10.5. The van der Waals surface area contributed by atoms with E-state index in [1.54, 1.807) is 24.3 Å². The second-order valence-electron chi connectivity index (χ2n) is 4.57. The van der Waals surface area contributed by atoms with Gasteiger partial charge in [0.2, 0.25) is 0 Å². The molecule has 0 saturated heterocycles. The van der Waals surface area contributed by atoms with Gasteiger partial charge in [0, 0.05) is 6.04 Å². The number of halogens is 1. The smallest absolute Gasteiger partial charge is 0.128 e. The Labute approximate surface area is 111 Å². The highest BCUT2D eigenvalue weighted by Gasteiger charge is 2.08. The van der Waals surface area contributed by atoms with E-state index in [0.717, 1.165) is 12.1 Å². The number of nitrogens with two attached hydrogens (primary N) is 1. The summed E-state index contributed by atoms with van der Waals surface area (Å²) in [4.78, 5) is 0. The molecule has 2 rings (SSSR count). The Kier molecular flexibility index (Phi) is 3.87. The highest BCUT2D eigenvalue weighted by molar-refractivity contribution is 7.07. The minimum absolute atomic E-state index is 0.256. The largest absolute Gasteiger partial charge is 0.397 e. The molecular formula is C14H17FN2S. The van der Waals surface area contributed by atoms with Crippen LogP contribution in [-0.2, 0) is 6.42 Å². The van der Waals surface area contributed by atoms with E-state index in [-0.39, 0.29) is 11.9 Å². The second kappa shape index (κ2) is 5.40. The summed E-state index contributed by atoms with van der Waals surface area (Å²) < 4.78 is 13.3. The maximum Gasteiger partial charge on any atom is 0.128 e. The fourth-order valence-electron chi connectivity index (χ4n) is 1.90. The summed E-state index contributed by atoms with van der Waals surface area (Å²) in [5.74, 6) is -0.261.